The van der Waals surface area contributed by atoms with Crippen LogP contribution in [-0.2, 0) is 6.54 Å². The van der Waals surface area contributed by atoms with Crippen molar-refractivity contribution >= 4 is 28.4 Å². The second-order valence-electron chi connectivity index (χ2n) is 6.48. The van der Waals surface area contributed by atoms with Crippen molar-refractivity contribution in [2.75, 3.05) is 12.4 Å². The molecule has 0 aliphatic carbocycles. The number of thioether (sulfide) groups is 1. The first-order valence-corrected chi connectivity index (χ1v) is 9.83. The molecule has 2 aromatic carbocycles. The van der Waals surface area contributed by atoms with Gasteiger partial charge in [0.05, 0.1) is 16.7 Å². The van der Waals surface area contributed by atoms with E-state index in [0.29, 0.717) is 34.6 Å². The third-order valence-electron chi connectivity index (χ3n) is 4.38. The molecule has 3 aromatic rings. The molecule has 1 aromatic heterocycles. The summed E-state index contributed by atoms with van der Waals surface area (Å²) in [5.41, 5.74) is 3.23. The molecule has 0 aliphatic heterocycles. The van der Waals surface area contributed by atoms with Crippen molar-refractivity contribution in [2.45, 2.75) is 32.0 Å². The van der Waals surface area contributed by atoms with Gasteiger partial charge < -0.3 is 5.11 Å². The number of carbonyl (C=O) groups excluding carboxylic acids is 1. The summed E-state index contributed by atoms with van der Waals surface area (Å²) in [5, 5.41) is 10.2. The number of ketones is 1. The molecule has 0 radical (unpaired) electrons. The molecule has 5 nitrogen and oxygen atoms in total. The highest BCUT2D eigenvalue weighted by Gasteiger charge is 2.15. The van der Waals surface area contributed by atoms with Crippen molar-refractivity contribution < 1.29 is 9.90 Å². The van der Waals surface area contributed by atoms with Crippen LogP contribution in [0.25, 0.3) is 10.9 Å². The standard InChI is InChI=1S/C21H22N2O3S/c1-14-8-9-16(15(2)12-14)19(25)13-27-21-22-18-7-4-3-6-17(18)20(26)23(21)10-5-11-24/h3-4,6-9,12,24H,5,10-11,13H2,1-2H3. The molecule has 140 valence electrons. The van der Waals surface area contributed by atoms with Gasteiger partial charge in [0, 0.05) is 18.7 Å². The maximum Gasteiger partial charge on any atom is 0.262 e. The molecule has 0 atom stereocenters. The Hall–Kier alpha value is -2.44. The van der Waals surface area contributed by atoms with Crippen molar-refractivity contribution in [1.82, 2.24) is 9.55 Å². The van der Waals surface area contributed by atoms with Crippen LogP contribution in [0.3, 0.4) is 0 Å². The van der Waals surface area contributed by atoms with E-state index in [2.05, 4.69) is 4.98 Å². The molecule has 1 heterocycles. The molecule has 0 unspecified atom stereocenters. The number of para-hydroxylation sites is 1. The molecule has 0 amide bonds. The van der Waals surface area contributed by atoms with Crippen LogP contribution >= 0.6 is 11.8 Å². The van der Waals surface area contributed by atoms with E-state index >= 15 is 0 Å². The topological polar surface area (TPSA) is 72.2 Å². The van der Waals surface area contributed by atoms with Crippen LogP contribution in [0.2, 0.25) is 0 Å². The lowest BCUT2D eigenvalue weighted by Gasteiger charge is -2.13. The number of Topliss-reactive ketones (excluding diaryl/α,β-unsaturated/α-hetero) is 1. The summed E-state index contributed by atoms with van der Waals surface area (Å²) in [5.74, 6) is 0.210. The number of aryl methyl sites for hydroxylation is 2. The number of hydrogen-bond donors (Lipinski definition) is 1. The lowest BCUT2D eigenvalue weighted by atomic mass is 10.0. The minimum absolute atomic E-state index is 0.00798. The SMILES string of the molecule is Cc1ccc(C(=O)CSc2nc3ccccc3c(=O)n2CCCO)c(C)c1. The van der Waals surface area contributed by atoms with E-state index in [-0.39, 0.29) is 23.7 Å². The van der Waals surface area contributed by atoms with Crippen molar-refractivity contribution in [1.29, 1.82) is 0 Å². The van der Waals surface area contributed by atoms with Crippen LogP contribution in [0.1, 0.15) is 27.9 Å². The fraction of sp³-hybridized carbons (Fsp3) is 0.286. The van der Waals surface area contributed by atoms with Crippen molar-refractivity contribution in [3.63, 3.8) is 0 Å². The van der Waals surface area contributed by atoms with Crippen LogP contribution in [-0.4, -0.2) is 32.8 Å². The second-order valence-corrected chi connectivity index (χ2v) is 7.42. The number of hydrogen-bond acceptors (Lipinski definition) is 5. The zero-order chi connectivity index (χ0) is 19.4. The number of carbonyl (C=O) groups is 1. The molecule has 3 rings (SSSR count). The molecule has 0 saturated carbocycles. The van der Waals surface area contributed by atoms with E-state index in [1.54, 1.807) is 22.8 Å². The lowest BCUT2D eigenvalue weighted by Crippen LogP contribution is -2.24. The van der Waals surface area contributed by atoms with Gasteiger partial charge >= 0.3 is 0 Å². The van der Waals surface area contributed by atoms with Crippen LogP contribution in [0.15, 0.2) is 52.4 Å². The molecule has 0 bridgehead atoms. The van der Waals surface area contributed by atoms with E-state index in [1.807, 2.05) is 38.1 Å². The number of aromatic nitrogens is 2. The fourth-order valence-corrected chi connectivity index (χ4v) is 3.93. The van der Waals surface area contributed by atoms with Gasteiger partial charge in [0.25, 0.3) is 5.56 Å². The molecule has 0 fully saturated rings. The van der Waals surface area contributed by atoms with Crippen LogP contribution in [0.4, 0.5) is 0 Å². The Kier molecular flexibility index (Phi) is 6.08. The average molecular weight is 382 g/mol. The van der Waals surface area contributed by atoms with Gasteiger partial charge in [-0.15, -0.1) is 0 Å². The number of benzene rings is 2. The van der Waals surface area contributed by atoms with E-state index in [4.69, 9.17) is 5.11 Å². The minimum Gasteiger partial charge on any atom is -0.396 e. The third kappa shape index (κ3) is 4.28. The Morgan fingerprint density at radius 2 is 1.96 bits per heavy atom. The third-order valence-corrected chi connectivity index (χ3v) is 5.36. The van der Waals surface area contributed by atoms with Crippen molar-refractivity contribution in [2.24, 2.45) is 0 Å². The highest BCUT2D eigenvalue weighted by atomic mass is 32.2. The number of aliphatic hydroxyl groups excluding tert-OH is 1. The van der Waals surface area contributed by atoms with E-state index < -0.39 is 0 Å². The molecular formula is C21H22N2O3S. The monoisotopic (exact) mass is 382 g/mol. The number of aliphatic hydroxyl groups is 1. The molecule has 0 aliphatic rings. The number of fused-ring (bicyclic) bond motifs is 1. The molecule has 27 heavy (non-hydrogen) atoms. The highest BCUT2D eigenvalue weighted by molar-refractivity contribution is 7.99. The Balaban J connectivity index is 1.91. The first-order valence-electron chi connectivity index (χ1n) is 8.85. The molecule has 1 N–H and O–H groups in total. The number of rotatable bonds is 7. The maximum absolute atomic E-state index is 12.8. The summed E-state index contributed by atoms with van der Waals surface area (Å²) in [6.07, 6.45) is 0.457. The van der Waals surface area contributed by atoms with Crippen LogP contribution < -0.4 is 5.56 Å². The molecule has 0 saturated heterocycles. The number of nitrogens with zero attached hydrogens (tertiary/aromatic N) is 2. The van der Waals surface area contributed by atoms with E-state index in [0.717, 1.165) is 11.1 Å². The molecular weight excluding hydrogens is 360 g/mol. The smallest absolute Gasteiger partial charge is 0.262 e. The van der Waals surface area contributed by atoms with Crippen molar-refractivity contribution in [3.05, 3.63) is 69.5 Å². The minimum atomic E-state index is -0.143. The van der Waals surface area contributed by atoms with E-state index in [9.17, 15) is 9.59 Å². The zero-order valence-electron chi connectivity index (χ0n) is 15.4. The van der Waals surface area contributed by atoms with E-state index in [1.165, 1.54) is 11.8 Å². The first-order chi connectivity index (χ1) is 13.0. The highest BCUT2D eigenvalue weighted by Crippen LogP contribution is 2.21. The van der Waals surface area contributed by atoms with Gasteiger partial charge in [-0.2, -0.15) is 0 Å². The summed E-state index contributed by atoms with van der Waals surface area (Å²) in [7, 11) is 0. The van der Waals surface area contributed by atoms with Gasteiger partial charge in [0.15, 0.2) is 10.9 Å². The van der Waals surface area contributed by atoms with Gasteiger partial charge in [0.2, 0.25) is 0 Å². The lowest BCUT2D eigenvalue weighted by molar-refractivity contribution is 0.102. The summed E-state index contributed by atoms with van der Waals surface area (Å²) in [4.78, 5) is 30.0. The van der Waals surface area contributed by atoms with Crippen molar-refractivity contribution in [3.8, 4) is 0 Å². The van der Waals surface area contributed by atoms with Gasteiger partial charge in [-0.3, -0.25) is 14.2 Å². The molecule has 6 heteroatoms. The normalized spacial score (nSPS) is 11.1. The predicted octanol–water partition coefficient (Wildman–Crippen LogP) is 3.37. The maximum atomic E-state index is 12.8. The van der Waals surface area contributed by atoms with Gasteiger partial charge in [0.1, 0.15) is 0 Å². The zero-order valence-corrected chi connectivity index (χ0v) is 16.3. The second kappa shape index (κ2) is 8.50. The Morgan fingerprint density at radius 3 is 2.70 bits per heavy atom. The fourth-order valence-electron chi connectivity index (χ4n) is 3.02. The Morgan fingerprint density at radius 1 is 1.19 bits per heavy atom. The summed E-state index contributed by atoms with van der Waals surface area (Å²) in [6, 6.07) is 12.9. The predicted molar refractivity (Wildman–Crippen MR) is 109 cm³/mol. The van der Waals surface area contributed by atoms with Crippen LogP contribution in [0.5, 0.6) is 0 Å². The van der Waals surface area contributed by atoms with Gasteiger partial charge in [-0.25, -0.2) is 4.98 Å². The quantitative estimate of drug-likeness (QED) is 0.385. The Labute approximate surface area is 162 Å². The summed E-state index contributed by atoms with van der Waals surface area (Å²) in [6.45, 7) is 4.28. The summed E-state index contributed by atoms with van der Waals surface area (Å²) >= 11 is 1.26. The first kappa shape index (κ1) is 19.3. The molecule has 0 spiro atoms. The van der Waals surface area contributed by atoms with Gasteiger partial charge in [-0.1, -0.05) is 47.7 Å². The Bertz CT molecular complexity index is 1040. The largest absolute Gasteiger partial charge is 0.396 e. The average Bonchev–Trinajstić information content (AvgIpc) is 2.65. The van der Waals surface area contributed by atoms with Crippen LogP contribution in [0, 0.1) is 13.8 Å². The van der Waals surface area contributed by atoms with Gasteiger partial charge in [-0.05, 0) is 38.0 Å². The summed E-state index contributed by atoms with van der Waals surface area (Å²) < 4.78 is 1.55.